The highest BCUT2D eigenvalue weighted by molar-refractivity contribution is 7.09. The van der Waals surface area contributed by atoms with Crippen molar-refractivity contribution in [2.24, 2.45) is 0 Å². The zero-order chi connectivity index (χ0) is 15.4. The van der Waals surface area contributed by atoms with E-state index in [9.17, 15) is 4.79 Å². The van der Waals surface area contributed by atoms with E-state index in [2.05, 4.69) is 29.5 Å². The zero-order valence-electron chi connectivity index (χ0n) is 11.6. The lowest BCUT2D eigenvalue weighted by atomic mass is 10.2. The lowest BCUT2D eigenvalue weighted by Crippen LogP contribution is -2.28. The van der Waals surface area contributed by atoms with Crippen molar-refractivity contribution in [3.8, 4) is 0 Å². The van der Waals surface area contributed by atoms with Crippen molar-refractivity contribution in [1.29, 1.82) is 0 Å². The van der Waals surface area contributed by atoms with Crippen molar-refractivity contribution in [2.75, 3.05) is 5.32 Å². The van der Waals surface area contributed by atoms with E-state index in [1.165, 1.54) is 11.3 Å². The third-order valence-corrected chi connectivity index (χ3v) is 4.34. The monoisotopic (exact) mass is 343 g/mol. The highest BCUT2D eigenvalue weighted by atomic mass is 35.5. The summed E-state index contributed by atoms with van der Waals surface area (Å²) in [4.78, 5) is 16.3. The number of benzene rings is 1. The molecule has 0 aliphatic heterocycles. The van der Waals surface area contributed by atoms with Crippen LogP contribution in [0.25, 0.3) is 0 Å². The molecule has 0 bridgehead atoms. The van der Waals surface area contributed by atoms with Gasteiger partial charge in [0.15, 0.2) is 0 Å². The first-order chi connectivity index (χ1) is 9.95. The summed E-state index contributed by atoms with van der Waals surface area (Å²) in [6, 6.07) is 4.61. The Morgan fingerprint density at radius 2 is 2.10 bits per heavy atom. The van der Waals surface area contributed by atoms with Crippen molar-refractivity contribution in [3.05, 3.63) is 44.3 Å². The van der Waals surface area contributed by atoms with Crippen molar-refractivity contribution >= 4 is 46.3 Å². The molecule has 0 aliphatic rings. The van der Waals surface area contributed by atoms with E-state index in [0.717, 1.165) is 10.7 Å². The van der Waals surface area contributed by atoms with E-state index in [-0.39, 0.29) is 6.03 Å². The van der Waals surface area contributed by atoms with E-state index in [0.29, 0.717) is 28.2 Å². The number of nitrogens with one attached hydrogen (secondary N) is 2. The van der Waals surface area contributed by atoms with Crippen LogP contribution in [0.5, 0.6) is 0 Å². The molecule has 112 valence electrons. The molecular weight excluding hydrogens is 329 g/mol. The molecule has 4 nitrogen and oxygen atoms in total. The van der Waals surface area contributed by atoms with Crippen molar-refractivity contribution in [2.45, 2.75) is 26.3 Å². The molecule has 0 aliphatic carbocycles. The molecule has 2 N–H and O–H groups in total. The molecule has 0 saturated carbocycles. The Balaban J connectivity index is 1.88. The summed E-state index contributed by atoms with van der Waals surface area (Å²) < 4.78 is 0. The lowest BCUT2D eigenvalue weighted by Gasteiger charge is -2.07. The summed E-state index contributed by atoms with van der Waals surface area (Å²) in [5.41, 5.74) is 1.63. The minimum atomic E-state index is -0.310. The molecule has 1 aromatic carbocycles. The second-order valence-electron chi connectivity index (χ2n) is 4.76. The number of thiazole rings is 1. The predicted molar refractivity (Wildman–Crippen MR) is 88.5 cm³/mol. The summed E-state index contributed by atoms with van der Waals surface area (Å²) in [5.74, 6) is 0.389. The van der Waals surface area contributed by atoms with Gasteiger partial charge >= 0.3 is 6.03 Å². The van der Waals surface area contributed by atoms with Crippen LogP contribution < -0.4 is 10.6 Å². The largest absolute Gasteiger partial charge is 0.331 e. The summed E-state index contributed by atoms with van der Waals surface area (Å²) in [5, 5.41) is 9.19. The fraction of sp³-hybridized carbons (Fsp3) is 0.286. The molecule has 0 saturated heterocycles. The first kappa shape index (κ1) is 16.1. The number of nitrogens with zero attached hydrogens (tertiary/aromatic N) is 1. The van der Waals surface area contributed by atoms with Gasteiger partial charge in [-0.2, -0.15) is 0 Å². The lowest BCUT2D eigenvalue weighted by molar-refractivity contribution is 0.251. The highest BCUT2D eigenvalue weighted by Crippen LogP contribution is 2.25. The SMILES string of the molecule is CC(C)c1csc(CNC(=O)Nc2ccc(Cl)c(Cl)c2)n1. The fourth-order valence-electron chi connectivity index (χ4n) is 1.58. The molecule has 0 radical (unpaired) electrons. The number of anilines is 1. The van der Waals surface area contributed by atoms with Crippen LogP contribution in [0.3, 0.4) is 0 Å². The van der Waals surface area contributed by atoms with Gasteiger partial charge in [0.25, 0.3) is 0 Å². The average molecular weight is 344 g/mol. The number of hydrogen-bond donors (Lipinski definition) is 2. The quantitative estimate of drug-likeness (QED) is 0.829. The Morgan fingerprint density at radius 3 is 2.71 bits per heavy atom. The van der Waals surface area contributed by atoms with Crippen molar-refractivity contribution in [1.82, 2.24) is 10.3 Å². The van der Waals surface area contributed by atoms with E-state index >= 15 is 0 Å². The van der Waals surface area contributed by atoms with E-state index in [4.69, 9.17) is 23.2 Å². The summed E-state index contributed by atoms with van der Waals surface area (Å²) >= 11 is 13.2. The van der Waals surface area contributed by atoms with Gasteiger partial charge < -0.3 is 10.6 Å². The molecule has 1 heterocycles. The topological polar surface area (TPSA) is 54.0 Å². The van der Waals surface area contributed by atoms with Gasteiger partial charge in [0.05, 0.1) is 22.3 Å². The number of carbonyl (C=O) groups excluding carboxylic acids is 1. The number of carbonyl (C=O) groups is 1. The Bertz CT molecular complexity index is 643. The van der Waals surface area contributed by atoms with Crippen LogP contribution in [0, 0.1) is 0 Å². The average Bonchev–Trinajstić information content (AvgIpc) is 2.90. The molecule has 1 aromatic heterocycles. The number of amides is 2. The minimum Gasteiger partial charge on any atom is -0.331 e. The molecule has 2 aromatic rings. The second-order valence-corrected chi connectivity index (χ2v) is 6.51. The van der Waals surface area contributed by atoms with Crippen LogP contribution in [0.1, 0.15) is 30.5 Å². The molecular formula is C14H15Cl2N3OS. The van der Waals surface area contributed by atoms with Crippen LogP contribution in [0.4, 0.5) is 10.5 Å². The maximum absolute atomic E-state index is 11.8. The normalized spacial score (nSPS) is 10.7. The third kappa shape index (κ3) is 4.59. The maximum Gasteiger partial charge on any atom is 0.319 e. The van der Waals surface area contributed by atoms with E-state index in [1.807, 2.05) is 5.38 Å². The van der Waals surface area contributed by atoms with E-state index in [1.54, 1.807) is 18.2 Å². The van der Waals surface area contributed by atoms with Crippen LogP contribution in [0.2, 0.25) is 10.0 Å². The van der Waals surface area contributed by atoms with Crippen LogP contribution >= 0.6 is 34.5 Å². The van der Waals surface area contributed by atoms with Crippen molar-refractivity contribution in [3.63, 3.8) is 0 Å². The number of aromatic nitrogens is 1. The van der Waals surface area contributed by atoms with E-state index < -0.39 is 0 Å². The molecule has 0 spiro atoms. The number of halogens is 2. The van der Waals surface area contributed by atoms with Gasteiger partial charge in [-0.15, -0.1) is 11.3 Å². The van der Waals surface area contributed by atoms with Crippen LogP contribution in [-0.4, -0.2) is 11.0 Å². The second kappa shape index (κ2) is 7.11. The van der Waals surface area contributed by atoms with Gasteiger partial charge in [-0.05, 0) is 24.1 Å². The standard InChI is InChI=1S/C14H15Cl2N3OS/c1-8(2)12-7-21-13(19-12)6-17-14(20)18-9-3-4-10(15)11(16)5-9/h3-5,7-8H,6H2,1-2H3,(H2,17,18,20). The van der Waals surface area contributed by atoms with Gasteiger partial charge in [-0.3, -0.25) is 0 Å². The highest BCUT2D eigenvalue weighted by Gasteiger charge is 2.08. The minimum absolute atomic E-state index is 0.310. The Hall–Kier alpha value is -1.30. The predicted octanol–water partition coefficient (Wildman–Crippen LogP) is 4.90. The number of rotatable bonds is 4. The Morgan fingerprint density at radius 1 is 1.33 bits per heavy atom. The molecule has 2 rings (SSSR count). The first-order valence-electron chi connectivity index (χ1n) is 6.40. The smallest absolute Gasteiger partial charge is 0.319 e. The van der Waals surface area contributed by atoms with Gasteiger partial charge in [-0.1, -0.05) is 37.0 Å². The molecule has 21 heavy (non-hydrogen) atoms. The third-order valence-electron chi connectivity index (χ3n) is 2.74. The number of urea groups is 1. The Kier molecular flexibility index (Phi) is 5.45. The summed E-state index contributed by atoms with van der Waals surface area (Å²) in [6.07, 6.45) is 0. The maximum atomic E-state index is 11.8. The molecule has 0 atom stereocenters. The zero-order valence-corrected chi connectivity index (χ0v) is 13.9. The Labute approximate surface area is 137 Å². The van der Waals surface area contributed by atoms with Crippen LogP contribution in [-0.2, 0) is 6.54 Å². The first-order valence-corrected chi connectivity index (χ1v) is 8.03. The van der Waals surface area contributed by atoms with Gasteiger partial charge in [0, 0.05) is 11.1 Å². The van der Waals surface area contributed by atoms with Crippen LogP contribution in [0.15, 0.2) is 23.6 Å². The van der Waals surface area contributed by atoms with Gasteiger partial charge in [-0.25, -0.2) is 9.78 Å². The summed E-state index contributed by atoms with van der Waals surface area (Å²) in [6.45, 7) is 4.57. The molecule has 2 amide bonds. The van der Waals surface area contributed by atoms with Crippen molar-refractivity contribution < 1.29 is 4.79 Å². The fourth-order valence-corrected chi connectivity index (χ4v) is 2.77. The van der Waals surface area contributed by atoms with Gasteiger partial charge in [0.1, 0.15) is 5.01 Å². The number of hydrogen-bond acceptors (Lipinski definition) is 3. The molecule has 0 fully saturated rings. The molecule has 7 heteroatoms. The molecule has 0 unspecified atom stereocenters. The van der Waals surface area contributed by atoms with Gasteiger partial charge in [0.2, 0.25) is 0 Å². The summed E-state index contributed by atoms with van der Waals surface area (Å²) in [7, 11) is 0.